The van der Waals surface area contributed by atoms with E-state index in [1.165, 1.54) is 0 Å². The molecule has 1 unspecified atom stereocenters. The van der Waals surface area contributed by atoms with Gasteiger partial charge in [-0.1, -0.05) is 18.2 Å². The van der Waals surface area contributed by atoms with Crippen LogP contribution in [0.5, 0.6) is 0 Å². The predicted molar refractivity (Wildman–Crippen MR) is 94.0 cm³/mol. The summed E-state index contributed by atoms with van der Waals surface area (Å²) >= 11 is 0. The molecule has 1 atom stereocenters. The smallest absolute Gasteiger partial charge is 0.255 e. The molecule has 5 nitrogen and oxygen atoms in total. The van der Waals surface area contributed by atoms with Crippen molar-refractivity contribution in [3.8, 4) is 0 Å². The number of nitrogens with two attached hydrogens (primary N) is 1. The summed E-state index contributed by atoms with van der Waals surface area (Å²) in [5.41, 5.74) is 7.61. The van der Waals surface area contributed by atoms with Crippen molar-refractivity contribution in [2.75, 3.05) is 18.4 Å². The van der Waals surface area contributed by atoms with E-state index < -0.39 is 0 Å². The Kier molecular flexibility index (Phi) is 4.91. The Balaban J connectivity index is 1.67. The zero-order valence-corrected chi connectivity index (χ0v) is 13.4. The summed E-state index contributed by atoms with van der Waals surface area (Å²) in [6.45, 7) is 1.25. The van der Waals surface area contributed by atoms with Crippen molar-refractivity contribution in [1.82, 2.24) is 4.90 Å². The van der Waals surface area contributed by atoms with Gasteiger partial charge in [0.1, 0.15) is 0 Å². The molecule has 1 aliphatic rings. The second kappa shape index (κ2) is 7.27. The Morgan fingerprint density at radius 3 is 2.42 bits per heavy atom. The highest BCUT2D eigenvalue weighted by Gasteiger charge is 2.28. The second-order valence-electron chi connectivity index (χ2n) is 5.93. The van der Waals surface area contributed by atoms with Gasteiger partial charge < -0.3 is 16.0 Å². The number of carbonyl (C=O) groups is 2. The molecule has 3 N–H and O–H groups in total. The Labute approximate surface area is 141 Å². The van der Waals surface area contributed by atoms with Crippen molar-refractivity contribution in [3.05, 3.63) is 65.7 Å². The molecule has 1 aliphatic heterocycles. The number of likely N-dealkylation sites (tertiary alicyclic amines) is 1. The lowest BCUT2D eigenvalue weighted by atomic mass is 10.1. The van der Waals surface area contributed by atoms with Gasteiger partial charge in [0.2, 0.25) is 0 Å². The zero-order chi connectivity index (χ0) is 16.9. The first kappa shape index (κ1) is 16.2. The Hall–Kier alpha value is -2.66. The number of amides is 2. The van der Waals surface area contributed by atoms with E-state index in [2.05, 4.69) is 5.32 Å². The summed E-state index contributed by atoms with van der Waals surface area (Å²) in [5.74, 6) is -0.165. The summed E-state index contributed by atoms with van der Waals surface area (Å²) < 4.78 is 0. The molecule has 2 amide bonds. The topological polar surface area (TPSA) is 75.4 Å². The molecule has 0 saturated carbocycles. The molecule has 5 heteroatoms. The molecular formula is C19H21N3O2. The van der Waals surface area contributed by atoms with Crippen molar-refractivity contribution in [3.63, 3.8) is 0 Å². The monoisotopic (exact) mass is 323 g/mol. The van der Waals surface area contributed by atoms with Crippen LogP contribution >= 0.6 is 0 Å². The highest BCUT2D eigenvalue weighted by molar-refractivity contribution is 6.04. The quantitative estimate of drug-likeness (QED) is 0.908. The first-order chi connectivity index (χ1) is 11.7. The van der Waals surface area contributed by atoms with E-state index >= 15 is 0 Å². The van der Waals surface area contributed by atoms with Crippen molar-refractivity contribution >= 4 is 17.5 Å². The maximum Gasteiger partial charge on any atom is 0.255 e. The number of hydrogen-bond acceptors (Lipinski definition) is 3. The lowest BCUT2D eigenvalue weighted by Gasteiger charge is -2.23. The zero-order valence-electron chi connectivity index (χ0n) is 13.4. The van der Waals surface area contributed by atoms with Crippen LogP contribution < -0.4 is 11.1 Å². The summed E-state index contributed by atoms with van der Waals surface area (Å²) in [6, 6.07) is 16.1. The lowest BCUT2D eigenvalue weighted by molar-refractivity contribution is 0.0741. The second-order valence-corrected chi connectivity index (χ2v) is 5.93. The van der Waals surface area contributed by atoms with E-state index in [-0.39, 0.29) is 17.9 Å². The Bertz CT molecular complexity index is 713. The van der Waals surface area contributed by atoms with Crippen LogP contribution in [0.2, 0.25) is 0 Å². The van der Waals surface area contributed by atoms with E-state index in [1.807, 2.05) is 23.1 Å². The number of anilines is 1. The third-order valence-electron chi connectivity index (χ3n) is 4.34. The van der Waals surface area contributed by atoms with Crippen molar-refractivity contribution in [1.29, 1.82) is 0 Å². The van der Waals surface area contributed by atoms with Gasteiger partial charge in [-0.3, -0.25) is 9.59 Å². The third kappa shape index (κ3) is 3.46. The van der Waals surface area contributed by atoms with Gasteiger partial charge in [-0.15, -0.1) is 0 Å². The maximum atomic E-state index is 12.6. The van der Waals surface area contributed by atoms with Gasteiger partial charge in [0.25, 0.3) is 11.8 Å². The minimum atomic E-state index is -0.169. The fraction of sp³-hybridized carbons (Fsp3) is 0.263. The number of nitrogens with zero attached hydrogens (tertiary/aromatic N) is 1. The van der Waals surface area contributed by atoms with Crippen LogP contribution in [0.25, 0.3) is 0 Å². The van der Waals surface area contributed by atoms with E-state index in [4.69, 9.17) is 5.73 Å². The summed E-state index contributed by atoms with van der Waals surface area (Å²) in [4.78, 5) is 26.5. The highest BCUT2D eigenvalue weighted by Crippen LogP contribution is 2.20. The molecule has 2 aromatic carbocycles. The molecular weight excluding hydrogens is 302 g/mol. The van der Waals surface area contributed by atoms with Crippen molar-refractivity contribution in [2.45, 2.75) is 18.9 Å². The van der Waals surface area contributed by atoms with Crippen LogP contribution in [-0.2, 0) is 0 Å². The van der Waals surface area contributed by atoms with Gasteiger partial charge >= 0.3 is 0 Å². The number of hydrogen-bond donors (Lipinski definition) is 2. The van der Waals surface area contributed by atoms with Crippen molar-refractivity contribution in [2.24, 2.45) is 5.73 Å². The van der Waals surface area contributed by atoms with Crippen LogP contribution in [0, 0.1) is 0 Å². The molecule has 1 heterocycles. The third-order valence-corrected chi connectivity index (χ3v) is 4.34. The van der Waals surface area contributed by atoms with Crippen LogP contribution in [0.15, 0.2) is 54.6 Å². The summed E-state index contributed by atoms with van der Waals surface area (Å²) in [6.07, 6.45) is 1.96. The van der Waals surface area contributed by atoms with E-state index in [0.717, 1.165) is 19.4 Å². The van der Waals surface area contributed by atoms with Crippen molar-refractivity contribution < 1.29 is 9.59 Å². The molecule has 0 aliphatic carbocycles. The fourth-order valence-corrected chi connectivity index (χ4v) is 3.00. The minimum absolute atomic E-state index is 0.00360. The number of benzene rings is 2. The SMILES string of the molecule is NCC1CCCN1C(=O)c1ccc(NC(=O)c2ccccc2)cc1. The molecule has 1 saturated heterocycles. The van der Waals surface area contributed by atoms with E-state index in [1.54, 1.807) is 36.4 Å². The van der Waals surface area contributed by atoms with Gasteiger partial charge in [0, 0.05) is 35.9 Å². The van der Waals surface area contributed by atoms with Gasteiger partial charge in [0.15, 0.2) is 0 Å². The largest absolute Gasteiger partial charge is 0.334 e. The van der Waals surface area contributed by atoms with Gasteiger partial charge in [-0.2, -0.15) is 0 Å². The fourth-order valence-electron chi connectivity index (χ4n) is 3.00. The average Bonchev–Trinajstić information content (AvgIpc) is 3.11. The first-order valence-electron chi connectivity index (χ1n) is 8.16. The number of carbonyl (C=O) groups excluding carboxylic acids is 2. The molecule has 124 valence electrons. The predicted octanol–water partition coefficient (Wildman–Crippen LogP) is 2.50. The van der Waals surface area contributed by atoms with Crippen LogP contribution in [0.4, 0.5) is 5.69 Å². The Morgan fingerprint density at radius 2 is 1.75 bits per heavy atom. The van der Waals surface area contributed by atoms with Crippen LogP contribution in [-0.4, -0.2) is 35.8 Å². The molecule has 0 aromatic heterocycles. The molecule has 3 rings (SSSR count). The molecule has 0 bridgehead atoms. The number of nitrogens with one attached hydrogen (secondary N) is 1. The maximum absolute atomic E-state index is 12.6. The standard InChI is InChI=1S/C19H21N3O2/c20-13-17-7-4-12-22(17)19(24)15-8-10-16(11-9-15)21-18(23)14-5-2-1-3-6-14/h1-3,5-6,8-11,17H,4,7,12-13,20H2,(H,21,23). The van der Waals surface area contributed by atoms with Crippen LogP contribution in [0.1, 0.15) is 33.6 Å². The Morgan fingerprint density at radius 1 is 1.04 bits per heavy atom. The van der Waals surface area contributed by atoms with Crippen LogP contribution in [0.3, 0.4) is 0 Å². The van der Waals surface area contributed by atoms with Gasteiger partial charge in [0.05, 0.1) is 0 Å². The molecule has 24 heavy (non-hydrogen) atoms. The summed E-state index contributed by atoms with van der Waals surface area (Å²) in [5, 5.41) is 2.83. The minimum Gasteiger partial charge on any atom is -0.334 e. The highest BCUT2D eigenvalue weighted by atomic mass is 16.2. The summed E-state index contributed by atoms with van der Waals surface area (Å²) in [7, 11) is 0. The molecule has 2 aromatic rings. The van der Waals surface area contributed by atoms with E-state index in [9.17, 15) is 9.59 Å². The van der Waals surface area contributed by atoms with Gasteiger partial charge in [-0.05, 0) is 49.2 Å². The molecule has 0 spiro atoms. The van der Waals surface area contributed by atoms with E-state index in [0.29, 0.717) is 23.4 Å². The normalized spacial score (nSPS) is 16.9. The van der Waals surface area contributed by atoms with Gasteiger partial charge in [-0.25, -0.2) is 0 Å². The lowest BCUT2D eigenvalue weighted by Crippen LogP contribution is -2.39. The molecule has 1 fully saturated rings. The first-order valence-corrected chi connectivity index (χ1v) is 8.16. The number of rotatable bonds is 4. The molecule has 0 radical (unpaired) electrons. The average molecular weight is 323 g/mol.